The van der Waals surface area contributed by atoms with Crippen molar-refractivity contribution in [1.82, 2.24) is 9.97 Å². The number of aliphatic hydroxyl groups is 1. The number of aliphatic hydroxyl groups excluding tert-OH is 1. The molecule has 2 heterocycles. The number of aromatic nitrogens is 2. The summed E-state index contributed by atoms with van der Waals surface area (Å²) in [7, 11) is 0. The predicted octanol–water partition coefficient (Wildman–Crippen LogP) is 7.28. The third-order valence-electron chi connectivity index (χ3n) is 4.70. The molecule has 0 aliphatic carbocycles. The van der Waals surface area contributed by atoms with Gasteiger partial charge in [-0.25, -0.2) is 0 Å². The molecule has 0 spiro atoms. The quantitative estimate of drug-likeness (QED) is 0.118. The number of benzene rings is 3. The van der Waals surface area contributed by atoms with E-state index in [2.05, 4.69) is 34.2 Å². The summed E-state index contributed by atoms with van der Waals surface area (Å²) in [4.78, 5) is 18.7. The maximum atomic E-state index is 10.0. The second kappa shape index (κ2) is 17.2. The number of carbonyl (C=O) groups excluding carboxylic acids is 1. The first-order valence-electron chi connectivity index (χ1n) is 11.1. The van der Waals surface area contributed by atoms with Gasteiger partial charge in [0.2, 0.25) is 0 Å². The average Bonchev–Trinajstić information content (AvgIpc) is 2.90. The number of rotatable bonds is 3. The van der Waals surface area contributed by atoms with Crippen LogP contribution in [-0.4, -0.2) is 20.9 Å². The Balaban J connectivity index is 0.000000292. The van der Waals surface area contributed by atoms with Crippen molar-refractivity contribution >= 4 is 16.6 Å². The summed E-state index contributed by atoms with van der Waals surface area (Å²) in [6.45, 7) is 2.85. The molecule has 4 nitrogen and oxygen atoms in total. The number of hydrogen-bond acceptors (Lipinski definition) is 4. The van der Waals surface area contributed by atoms with Crippen molar-refractivity contribution in [2.24, 2.45) is 0 Å². The van der Waals surface area contributed by atoms with E-state index in [0.29, 0.717) is 0 Å². The molecule has 1 N–H and O–H groups in total. The van der Waals surface area contributed by atoms with Gasteiger partial charge in [0.05, 0.1) is 5.76 Å². The first kappa shape index (κ1) is 31.8. The Labute approximate surface area is 245 Å². The van der Waals surface area contributed by atoms with Crippen LogP contribution >= 0.6 is 0 Å². The Morgan fingerprint density at radius 2 is 1.35 bits per heavy atom. The van der Waals surface area contributed by atoms with Crippen molar-refractivity contribution in [3.05, 3.63) is 133 Å². The largest absolute Gasteiger partial charge is 0.512 e. The Morgan fingerprint density at radius 3 is 1.89 bits per heavy atom. The van der Waals surface area contributed by atoms with Gasteiger partial charge >= 0.3 is 0 Å². The van der Waals surface area contributed by atoms with Crippen LogP contribution in [0.3, 0.4) is 0 Å². The molecule has 3 aromatic carbocycles. The molecule has 0 bridgehead atoms. The third kappa shape index (κ3) is 10.7. The van der Waals surface area contributed by atoms with Crippen LogP contribution in [0.25, 0.3) is 33.3 Å². The van der Waals surface area contributed by atoms with Crippen molar-refractivity contribution < 1.29 is 50.1 Å². The number of carbonyl (C=O) groups is 1. The smallest absolute Gasteiger partial charge is 0.155 e. The molecule has 0 saturated heterocycles. The van der Waals surface area contributed by atoms with E-state index in [4.69, 9.17) is 5.11 Å². The number of hydrogen-bond donors (Lipinski definition) is 1. The van der Waals surface area contributed by atoms with E-state index in [0.717, 1.165) is 22.5 Å². The summed E-state index contributed by atoms with van der Waals surface area (Å²) in [5.74, 6) is -0.0625. The Hall–Kier alpha value is -3.27. The van der Waals surface area contributed by atoms with Gasteiger partial charge in [0.15, 0.2) is 5.78 Å². The van der Waals surface area contributed by atoms with Crippen LogP contribution in [0.15, 0.2) is 121 Å². The minimum atomic E-state index is -0.125. The van der Waals surface area contributed by atoms with Crippen LogP contribution in [0, 0.1) is 12.1 Å². The molecule has 37 heavy (non-hydrogen) atoms. The first-order valence-corrected chi connectivity index (χ1v) is 11.1. The second-order valence-corrected chi connectivity index (χ2v) is 7.54. The molecule has 2 aromatic heterocycles. The molecular weight excluding hydrogens is 817 g/mol. The minimum Gasteiger partial charge on any atom is -0.512 e. The molecule has 0 amide bonds. The summed E-state index contributed by atoms with van der Waals surface area (Å²) in [5.41, 5.74) is 4.05. The molecule has 5 rings (SSSR count). The second-order valence-electron chi connectivity index (χ2n) is 7.54. The average molecular weight is 843 g/mol. The number of allylic oxidation sites excluding steroid dienone is 2. The van der Waals surface area contributed by atoms with Crippen molar-refractivity contribution in [3.8, 4) is 22.5 Å². The van der Waals surface area contributed by atoms with E-state index in [1.54, 1.807) is 6.20 Å². The Kier molecular flexibility index (Phi) is 14.8. The van der Waals surface area contributed by atoms with E-state index >= 15 is 0 Å². The Bertz CT molecular complexity index is 1330. The standard InChI is InChI=1S/C15H10N.C11H8N.C5H8O2.2Ir/c1-2-7-13(8-3-1)15-14-9-5-4-6-12(14)10-11-16-15;1-2-6-10(7-3-1)11-8-4-5-9-12-11;1-4(6)3-5(2)7;;/h1-7,9-11H;1-6,8-9H;3,6H,1-2H3;;/q2*-1;;;. The van der Waals surface area contributed by atoms with Crippen LogP contribution in [-0.2, 0) is 45.0 Å². The van der Waals surface area contributed by atoms with E-state index in [9.17, 15) is 4.79 Å². The number of ketones is 1. The van der Waals surface area contributed by atoms with Crippen molar-refractivity contribution in [2.75, 3.05) is 0 Å². The van der Waals surface area contributed by atoms with Crippen LogP contribution in [0.5, 0.6) is 0 Å². The van der Waals surface area contributed by atoms with E-state index in [1.165, 1.54) is 30.7 Å². The maximum absolute atomic E-state index is 10.0. The van der Waals surface area contributed by atoms with Crippen LogP contribution in [0.4, 0.5) is 0 Å². The molecule has 6 heteroatoms. The van der Waals surface area contributed by atoms with Gasteiger partial charge in [-0.15, -0.1) is 71.8 Å². The normalized spacial score (nSPS) is 9.84. The molecule has 0 aliphatic rings. The fourth-order valence-corrected chi connectivity index (χ4v) is 3.24. The zero-order chi connectivity index (χ0) is 24.9. The summed E-state index contributed by atoms with van der Waals surface area (Å²) < 4.78 is 0. The van der Waals surface area contributed by atoms with Gasteiger partial charge in [0.25, 0.3) is 0 Å². The Morgan fingerprint density at radius 1 is 0.730 bits per heavy atom. The van der Waals surface area contributed by atoms with Gasteiger partial charge in [-0.3, -0.25) is 4.79 Å². The van der Waals surface area contributed by atoms with E-state index in [1.807, 2.05) is 91.1 Å². The first-order chi connectivity index (χ1) is 17.0. The van der Waals surface area contributed by atoms with Crippen LogP contribution < -0.4 is 0 Å². The molecular formula is C31H26Ir2N2O2-2. The molecule has 0 aliphatic heterocycles. The molecule has 0 saturated carbocycles. The SMILES string of the molecule is CC(=O)C=C(C)O.[Ir].[Ir].[c-]1ccccc1-c1ccccn1.[c-]1ccccc1-c1nccc2ccccc12. The number of pyridine rings is 2. The zero-order valence-electron chi connectivity index (χ0n) is 20.4. The van der Waals surface area contributed by atoms with E-state index in [-0.39, 0.29) is 51.8 Å². The topological polar surface area (TPSA) is 63.1 Å². The molecule has 0 unspecified atom stereocenters. The summed E-state index contributed by atoms with van der Waals surface area (Å²) in [5, 5.41) is 10.7. The molecule has 0 atom stereocenters. The van der Waals surface area contributed by atoms with Crippen molar-refractivity contribution in [2.45, 2.75) is 13.8 Å². The third-order valence-corrected chi connectivity index (χ3v) is 4.70. The fourth-order valence-electron chi connectivity index (χ4n) is 3.24. The van der Waals surface area contributed by atoms with Crippen LogP contribution in [0.2, 0.25) is 0 Å². The fraction of sp³-hybridized carbons (Fsp3) is 0.0645. The maximum Gasteiger partial charge on any atom is 0.155 e. The van der Waals surface area contributed by atoms with Crippen molar-refractivity contribution in [3.63, 3.8) is 0 Å². The van der Waals surface area contributed by atoms with Gasteiger partial charge in [-0.2, -0.15) is 0 Å². The molecule has 5 aromatic rings. The van der Waals surface area contributed by atoms with Gasteiger partial charge in [0.1, 0.15) is 0 Å². The minimum absolute atomic E-state index is 0. The summed E-state index contributed by atoms with van der Waals surface area (Å²) in [6.07, 6.45) is 4.80. The number of fused-ring (bicyclic) bond motifs is 1. The summed E-state index contributed by atoms with van der Waals surface area (Å²) in [6, 6.07) is 38.3. The van der Waals surface area contributed by atoms with Gasteiger partial charge in [0, 0.05) is 58.7 Å². The summed E-state index contributed by atoms with van der Waals surface area (Å²) >= 11 is 0. The van der Waals surface area contributed by atoms with Crippen molar-refractivity contribution in [1.29, 1.82) is 0 Å². The zero-order valence-corrected chi connectivity index (χ0v) is 25.2. The monoisotopic (exact) mass is 844 g/mol. The number of nitrogens with zero attached hydrogens (tertiary/aromatic N) is 2. The van der Waals surface area contributed by atoms with Crippen LogP contribution in [0.1, 0.15) is 13.8 Å². The molecule has 2 radical (unpaired) electrons. The molecule has 0 fully saturated rings. The van der Waals surface area contributed by atoms with Gasteiger partial charge < -0.3 is 15.1 Å². The van der Waals surface area contributed by atoms with E-state index < -0.39 is 0 Å². The molecule has 192 valence electrons. The van der Waals surface area contributed by atoms with Gasteiger partial charge in [-0.1, -0.05) is 36.4 Å². The predicted molar refractivity (Wildman–Crippen MR) is 142 cm³/mol. The van der Waals surface area contributed by atoms with Gasteiger partial charge in [-0.05, 0) is 48.1 Å².